The van der Waals surface area contributed by atoms with Gasteiger partial charge in [-0.3, -0.25) is 9.05 Å². The fourth-order valence-corrected chi connectivity index (χ4v) is 8.22. The second-order valence-electron chi connectivity index (χ2n) is 15.8. The Kier molecular flexibility index (Phi) is 19.2. The lowest BCUT2D eigenvalue weighted by Crippen LogP contribution is -2.41. The molecule has 312 valence electrons. The number of phosphoric acid groups is 1. The minimum absolute atomic E-state index is 0.107. The Morgan fingerprint density at radius 2 is 1.52 bits per heavy atom. The lowest BCUT2D eigenvalue weighted by molar-refractivity contribution is -0.0656. The molecule has 1 aliphatic heterocycles. The third-order valence-electron chi connectivity index (χ3n) is 10.9. The second-order valence-corrected chi connectivity index (χ2v) is 17.2. The molecule has 14 heteroatoms. The first-order valence-electron chi connectivity index (χ1n) is 20.8. The smallest absolute Gasteiger partial charge is 0.387 e. The van der Waals surface area contributed by atoms with Crippen LogP contribution in [0.5, 0.6) is 0 Å². The van der Waals surface area contributed by atoms with Crippen LogP contribution in [0.4, 0.5) is 5.82 Å². The molecule has 1 fully saturated rings. The number of nitrogens with zero attached hydrogens (tertiary/aromatic N) is 4. The van der Waals surface area contributed by atoms with Crippen molar-refractivity contribution in [2.45, 2.75) is 153 Å². The topological polar surface area (TPSA) is 195 Å². The molecule has 3 aromatic rings. The van der Waals surface area contributed by atoms with Crippen LogP contribution in [0.2, 0.25) is 0 Å². The van der Waals surface area contributed by atoms with Crippen molar-refractivity contribution in [2.75, 3.05) is 32.2 Å². The molecule has 2 aromatic heterocycles. The van der Waals surface area contributed by atoms with E-state index in [0.29, 0.717) is 25.2 Å². The van der Waals surface area contributed by atoms with E-state index in [1.165, 1.54) is 107 Å². The third-order valence-corrected chi connectivity index (χ3v) is 11.8. The Hall–Kier alpha value is -2.92. The summed E-state index contributed by atoms with van der Waals surface area (Å²) >= 11 is 0. The molecule has 13 nitrogen and oxygen atoms in total. The van der Waals surface area contributed by atoms with Crippen LogP contribution in [-0.4, -0.2) is 74.4 Å². The quantitative estimate of drug-likeness (QED) is 0.0389. The molecule has 5 N–H and O–H groups in total. The van der Waals surface area contributed by atoms with Gasteiger partial charge in [-0.15, -0.1) is 0 Å². The van der Waals surface area contributed by atoms with E-state index in [2.05, 4.69) is 17.0 Å². The van der Waals surface area contributed by atoms with Crippen molar-refractivity contribution in [3.8, 4) is 6.07 Å². The van der Waals surface area contributed by atoms with Crippen LogP contribution in [0.15, 0.2) is 48.8 Å². The van der Waals surface area contributed by atoms with Crippen molar-refractivity contribution < 1.29 is 38.2 Å². The van der Waals surface area contributed by atoms with Crippen molar-refractivity contribution in [1.82, 2.24) is 14.6 Å². The van der Waals surface area contributed by atoms with E-state index in [-0.39, 0.29) is 18.1 Å². The summed E-state index contributed by atoms with van der Waals surface area (Å²) in [5.74, 6) is 0.145. The number of anilines is 1. The number of unbranched alkanes of at least 4 members (excludes halogenated alkanes) is 15. The summed E-state index contributed by atoms with van der Waals surface area (Å²) in [4.78, 5) is 14.6. The maximum atomic E-state index is 13.2. The monoisotopic (exact) mass is 799 g/mol. The Morgan fingerprint density at radius 1 is 0.911 bits per heavy atom. The highest BCUT2D eigenvalue weighted by Gasteiger charge is 2.58. The zero-order chi connectivity index (χ0) is 40.3. The molecule has 1 aromatic carbocycles. The summed E-state index contributed by atoms with van der Waals surface area (Å²) < 4.78 is 37.3. The molecule has 3 heterocycles. The fraction of sp³-hybridized carbons (Fsp3) is 0.690. The van der Waals surface area contributed by atoms with Crippen LogP contribution in [0.1, 0.15) is 134 Å². The minimum atomic E-state index is -4.67. The number of nitriles is 1. The van der Waals surface area contributed by atoms with Crippen LogP contribution in [-0.2, 0) is 35.1 Å². The van der Waals surface area contributed by atoms with Crippen molar-refractivity contribution in [3.05, 3.63) is 60.0 Å². The normalized spacial score (nSPS) is 21.9. The third kappa shape index (κ3) is 13.9. The molecule has 1 unspecified atom stereocenters. The number of aryl methyl sites for hydroxylation is 1. The summed E-state index contributed by atoms with van der Waals surface area (Å²) in [6.45, 7) is 4.40. The van der Waals surface area contributed by atoms with Gasteiger partial charge in [0.25, 0.3) is 0 Å². The summed E-state index contributed by atoms with van der Waals surface area (Å²) in [6.07, 6.45) is 18.7. The average molecular weight is 800 g/mol. The van der Waals surface area contributed by atoms with Crippen molar-refractivity contribution in [1.29, 1.82) is 5.26 Å². The van der Waals surface area contributed by atoms with Crippen LogP contribution in [0, 0.1) is 16.7 Å². The predicted molar refractivity (Wildman–Crippen MR) is 217 cm³/mol. The lowest BCUT2D eigenvalue weighted by Gasteiger charge is -2.30. The van der Waals surface area contributed by atoms with Gasteiger partial charge >= 0.3 is 7.82 Å². The molecule has 0 aliphatic carbocycles. The van der Waals surface area contributed by atoms with Crippen molar-refractivity contribution >= 4 is 19.2 Å². The maximum absolute atomic E-state index is 13.2. The molecule has 0 amide bonds. The molecule has 56 heavy (non-hydrogen) atoms. The van der Waals surface area contributed by atoms with Crippen LogP contribution < -0.4 is 5.73 Å². The van der Waals surface area contributed by atoms with E-state index in [9.17, 15) is 24.9 Å². The van der Waals surface area contributed by atoms with Gasteiger partial charge < -0.3 is 30.3 Å². The second kappa shape index (κ2) is 23.5. The van der Waals surface area contributed by atoms with Gasteiger partial charge in [-0.05, 0) is 37.0 Å². The Morgan fingerprint density at radius 3 is 2.12 bits per heavy atom. The number of aliphatic hydroxyl groups is 2. The molecule has 1 aliphatic rings. The number of hydrogen-bond donors (Lipinski definition) is 4. The molecular formula is C42H66N5O8P. The molecule has 0 spiro atoms. The van der Waals surface area contributed by atoms with Crippen LogP contribution in [0.3, 0.4) is 0 Å². The highest BCUT2D eigenvalue weighted by molar-refractivity contribution is 7.47. The van der Waals surface area contributed by atoms with Crippen LogP contribution in [0.25, 0.3) is 5.52 Å². The van der Waals surface area contributed by atoms with Gasteiger partial charge in [0.2, 0.25) is 5.60 Å². The number of phosphoric ester groups is 1. The largest absolute Gasteiger partial charge is 0.472 e. The molecular weight excluding hydrogens is 733 g/mol. The highest BCUT2D eigenvalue weighted by Crippen LogP contribution is 2.47. The highest BCUT2D eigenvalue weighted by atomic mass is 31.2. The number of nitrogen functional groups attached to an aromatic ring is 1. The molecule has 1 saturated heterocycles. The summed E-state index contributed by atoms with van der Waals surface area (Å²) in [5, 5.41) is 36.1. The van der Waals surface area contributed by atoms with Gasteiger partial charge in [0.1, 0.15) is 36.2 Å². The van der Waals surface area contributed by atoms with Crippen molar-refractivity contribution in [3.63, 3.8) is 0 Å². The number of fused-ring (bicyclic) bond motifs is 1. The Labute approximate surface area is 333 Å². The minimum Gasteiger partial charge on any atom is -0.387 e. The fourth-order valence-electron chi connectivity index (χ4n) is 7.34. The van der Waals surface area contributed by atoms with E-state index >= 15 is 0 Å². The standard InChI is InChI=1S/C42H66N5O8P/c1-3-4-5-6-7-8-9-10-11-12-13-14-15-16-17-21-28-52-31-41(2,27-26-34-22-19-18-20-23-34)32-54-56(50,51)53-29-36-38(48)39(49)42(30-43,55-36)37-25-24-35-40(44)45-33-46-47(35)37/h18-20,22-25,33,36,38-39,48-49H,3-17,21,26-29,31-32H2,1-2H3,(H,50,51)(H2,44,45,46)/t36-,38-,39-,41-,42+/m1/s1. The molecule has 0 saturated carbocycles. The first-order chi connectivity index (χ1) is 27.0. The maximum Gasteiger partial charge on any atom is 0.472 e. The summed E-state index contributed by atoms with van der Waals surface area (Å²) in [5.41, 5.74) is 4.87. The van der Waals surface area contributed by atoms with Gasteiger partial charge in [0.15, 0.2) is 5.82 Å². The van der Waals surface area contributed by atoms with E-state index in [4.69, 9.17) is 24.3 Å². The first-order valence-corrected chi connectivity index (χ1v) is 22.3. The Bertz CT molecular complexity index is 1660. The zero-order valence-electron chi connectivity index (χ0n) is 33.6. The summed E-state index contributed by atoms with van der Waals surface area (Å²) in [7, 11) is -4.67. The van der Waals surface area contributed by atoms with Gasteiger partial charge in [-0.25, -0.2) is 14.1 Å². The van der Waals surface area contributed by atoms with Gasteiger partial charge in [-0.2, -0.15) is 10.4 Å². The van der Waals surface area contributed by atoms with E-state index in [0.717, 1.165) is 24.8 Å². The number of aliphatic hydroxyl groups excluding tert-OH is 2. The number of benzene rings is 1. The molecule has 4 rings (SSSR count). The summed E-state index contributed by atoms with van der Waals surface area (Å²) in [6, 6.07) is 15.0. The van der Waals surface area contributed by atoms with Gasteiger partial charge in [0, 0.05) is 12.0 Å². The first kappa shape index (κ1) is 45.8. The van der Waals surface area contributed by atoms with E-state index in [1.54, 1.807) is 6.07 Å². The van der Waals surface area contributed by atoms with Gasteiger partial charge in [-0.1, -0.05) is 140 Å². The predicted octanol–water partition coefficient (Wildman–Crippen LogP) is 8.20. The Balaban J connectivity index is 1.18. The average Bonchev–Trinajstić information content (AvgIpc) is 3.75. The zero-order valence-corrected chi connectivity index (χ0v) is 34.5. The molecule has 6 atom stereocenters. The lowest BCUT2D eigenvalue weighted by atomic mass is 9.86. The number of rotatable bonds is 29. The SMILES string of the molecule is CCCCCCCCCCCCCCCCCCOC[C@@](C)(CCc1ccccc1)COP(=O)(O)OC[C@H]1O[C@@](C#N)(c2ccc3c(N)ncnn23)[C@H](O)[C@@H]1O. The number of nitrogens with two attached hydrogens (primary N) is 1. The van der Waals surface area contributed by atoms with Crippen molar-refractivity contribution in [2.24, 2.45) is 5.41 Å². The molecule has 0 radical (unpaired) electrons. The van der Waals surface area contributed by atoms with Gasteiger partial charge in [0.05, 0.1) is 25.5 Å². The number of hydrogen-bond acceptors (Lipinski definition) is 11. The van der Waals surface area contributed by atoms with E-state index in [1.807, 2.05) is 43.3 Å². The van der Waals surface area contributed by atoms with Crippen LogP contribution >= 0.6 is 7.82 Å². The number of aromatic nitrogens is 3. The number of ether oxygens (including phenoxy) is 2. The molecule has 0 bridgehead atoms. The van der Waals surface area contributed by atoms with E-state index < -0.39 is 43.8 Å².